The summed E-state index contributed by atoms with van der Waals surface area (Å²) in [4.78, 5) is 28.7. The summed E-state index contributed by atoms with van der Waals surface area (Å²) in [5.74, 6) is -0.687. The number of rotatable bonds is 10. The van der Waals surface area contributed by atoms with Crippen LogP contribution in [0.5, 0.6) is 0 Å². The van der Waals surface area contributed by atoms with E-state index in [2.05, 4.69) is 5.32 Å². The molecule has 2 amide bonds. The molecule has 1 N–H and O–H groups in total. The molecular formula is C29H33FN2O2. The lowest BCUT2D eigenvalue weighted by atomic mass is 10.0. The van der Waals surface area contributed by atoms with Crippen LogP contribution in [-0.4, -0.2) is 28.8 Å². The Morgan fingerprint density at radius 1 is 0.882 bits per heavy atom. The lowest BCUT2D eigenvalue weighted by molar-refractivity contribution is -0.141. The molecule has 0 saturated carbocycles. The van der Waals surface area contributed by atoms with Crippen LogP contribution < -0.4 is 5.32 Å². The van der Waals surface area contributed by atoms with Crippen molar-refractivity contribution < 1.29 is 14.0 Å². The number of nitrogens with zero attached hydrogens (tertiary/aromatic N) is 1. The van der Waals surface area contributed by atoms with E-state index in [1.54, 1.807) is 17.0 Å². The fraction of sp³-hybridized carbons (Fsp3) is 0.310. The van der Waals surface area contributed by atoms with Crippen molar-refractivity contribution in [2.45, 2.75) is 58.7 Å². The maximum atomic E-state index is 13.6. The summed E-state index contributed by atoms with van der Waals surface area (Å²) >= 11 is 0. The summed E-state index contributed by atoms with van der Waals surface area (Å²) in [5.41, 5.74) is 3.77. The molecule has 0 spiro atoms. The van der Waals surface area contributed by atoms with Crippen LogP contribution in [0, 0.1) is 12.7 Å². The van der Waals surface area contributed by atoms with Crippen molar-refractivity contribution in [2.24, 2.45) is 0 Å². The molecule has 5 heteroatoms. The molecule has 0 unspecified atom stereocenters. The van der Waals surface area contributed by atoms with Crippen LogP contribution in [-0.2, 0) is 29.0 Å². The Morgan fingerprint density at radius 3 is 2.12 bits per heavy atom. The van der Waals surface area contributed by atoms with Crippen LogP contribution in [0.3, 0.4) is 0 Å². The van der Waals surface area contributed by atoms with Crippen molar-refractivity contribution in [3.05, 3.63) is 107 Å². The number of hydrogen-bond donors (Lipinski definition) is 1. The minimum atomic E-state index is -0.675. The largest absolute Gasteiger partial charge is 0.352 e. The van der Waals surface area contributed by atoms with Gasteiger partial charge in [0.1, 0.15) is 11.9 Å². The fourth-order valence-electron chi connectivity index (χ4n) is 3.76. The number of carbonyl (C=O) groups is 2. The first-order valence-electron chi connectivity index (χ1n) is 11.8. The van der Waals surface area contributed by atoms with Crippen LogP contribution in [0.4, 0.5) is 4.39 Å². The summed E-state index contributed by atoms with van der Waals surface area (Å²) in [6.45, 7) is 6.30. The summed E-state index contributed by atoms with van der Waals surface area (Å²) in [6.07, 6.45) is 1.30. The number of benzene rings is 3. The highest BCUT2D eigenvalue weighted by molar-refractivity contribution is 5.89. The van der Waals surface area contributed by atoms with Crippen LogP contribution >= 0.6 is 0 Å². The van der Waals surface area contributed by atoms with E-state index in [9.17, 15) is 14.0 Å². The molecule has 3 rings (SSSR count). The minimum absolute atomic E-state index is 0.000742. The number of aryl methyl sites for hydroxylation is 1. The van der Waals surface area contributed by atoms with Gasteiger partial charge in [0.05, 0.1) is 6.42 Å². The molecule has 0 fully saturated rings. The van der Waals surface area contributed by atoms with Gasteiger partial charge in [-0.25, -0.2) is 4.39 Å². The quantitative estimate of drug-likeness (QED) is 0.450. The zero-order valence-corrected chi connectivity index (χ0v) is 20.1. The van der Waals surface area contributed by atoms with Crippen LogP contribution in [0.25, 0.3) is 0 Å². The van der Waals surface area contributed by atoms with Gasteiger partial charge in [0.25, 0.3) is 0 Å². The summed E-state index contributed by atoms with van der Waals surface area (Å²) in [7, 11) is 0. The molecule has 3 aromatic carbocycles. The van der Waals surface area contributed by atoms with Crippen molar-refractivity contribution in [2.75, 3.05) is 0 Å². The number of hydrogen-bond acceptors (Lipinski definition) is 2. The third-order valence-electron chi connectivity index (χ3n) is 6.01. The average molecular weight is 461 g/mol. The molecule has 0 aliphatic heterocycles. The molecule has 178 valence electrons. The van der Waals surface area contributed by atoms with E-state index in [4.69, 9.17) is 0 Å². The maximum Gasteiger partial charge on any atom is 0.243 e. The zero-order chi connectivity index (χ0) is 24.5. The van der Waals surface area contributed by atoms with Gasteiger partial charge in [-0.1, -0.05) is 79.2 Å². The predicted molar refractivity (Wildman–Crippen MR) is 134 cm³/mol. The van der Waals surface area contributed by atoms with Gasteiger partial charge >= 0.3 is 0 Å². The smallest absolute Gasteiger partial charge is 0.243 e. The van der Waals surface area contributed by atoms with E-state index >= 15 is 0 Å². The van der Waals surface area contributed by atoms with E-state index in [0.29, 0.717) is 18.5 Å². The second-order valence-electron chi connectivity index (χ2n) is 8.83. The first-order valence-corrected chi connectivity index (χ1v) is 11.8. The second-order valence-corrected chi connectivity index (χ2v) is 8.83. The monoisotopic (exact) mass is 460 g/mol. The summed E-state index contributed by atoms with van der Waals surface area (Å²) in [6, 6.07) is 23.0. The molecule has 0 bridgehead atoms. The topological polar surface area (TPSA) is 49.4 Å². The van der Waals surface area contributed by atoms with Gasteiger partial charge in [-0.3, -0.25) is 9.59 Å². The zero-order valence-electron chi connectivity index (χ0n) is 20.1. The average Bonchev–Trinajstić information content (AvgIpc) is 2.84. The molecule has 2 atom stereocenters. The van der Waals surface area contributed by atoms with Crippen molar-refractivity contribution in [1.29, 1.82) is 0 Å². The fourth-order valence-corrected chi connectivity index (χ4v) is 3.76. The number of carbonyl (C=O) groups excluding carboxylic acids is 2. The standard InChI is InChI=1S/C29H33FN2O2/c1-4-22(3)31-29(34)27(18-23-8-6-5-7-9-23)32(20-25-12-10-21(2)11-13-25)28(33)19-24-14-16-26(30)17-15-24/h5-17,22,27H,4,18-20H2,1-3H3,(H,31,34)/t22-,27-/m0/s1. The van der Waals surface area contributed by atoms with Gasteiger partial charge < -0.3 is 10.2 Å². The number of halogens is 1. The Morgan fingerprint density at radius 2 is 1.50 bits per heavy atom. The Balaban J connectivity index is 1.95. The lowest BCUT2D eigenvalue weighted by Crippen LogP contribution is -2.52. The Hall–Kier alpha value is -3.47. The SMILES string of the molecule is CC[C@H](C)NC(=O)[C@H](Cc1ccccc1)N(Cc1ccc(C)cc1)C(=O)Cc1ccc(F)cc1. The van der Waals surface area contributed by atoms with Gasteiger partial charge in [-0.05, 0) is 49.1 Å². The number of nitrogens with one attached hydrogen (secondary N) is 1. The number of amides is 2. The van der Waals surface area contributed by atoms with Crippen LogP contribution in [0.15, 0.2) is 78.9 Å². The van der Waals surface area contributed by atoms with E-state index in [-0.39, 0.29) is 30.1 Å². The Kier molecular flexibility index (Phi) is 8.97. The van der Waals surface area contributed by atoms with Crippen molar-refractivity contribution in [3.8, 4) is 0 Å². The highest BCUT2D eigenvalue weighted by atomic mass is 19.1. The first kappa shape index (κ1) is 25.2. The third kappa shape index (κ3) is 7.27. The Labute approximate surface area is 201 Å². The molecule has 0 aliphatic carbocycles. The van der Waals surface area contributed by atoms with Gasteiger partial charge in [0.2, 0.25) is 11.8 Å². The molecule has 0 aromatic heterocycles. The molecule has 34 heavy (non-hydrogen) atoms. The van der Waals surface area contributed by atoms with Crippen LogP contribution in [0.2, 0.25) is 0 Å². The second kappa shape index (κ2) is 12.1. The van der Waals surface area contributed by atoms with Gasteiger partial charge in [-0.2, -0.15) is 0 Å². The molecule has 0 radical (unpaired) electrons. The van der Waals surface area contributed by atoms with E-state index in [1.165, 1.54) is 12.1 Å². The summed E-state index contributed by atoms with van der Waals surface area (Å²) in [5, 5.41) is 3.07. The first-order chi connectivity index (χ1) is 16.4. The highest BCUT2D eigenvalue weighted by Crippen LogP contribution is 2.17. The van der Waals surface area contributed by atoms with Gasteiger partial charge in [0, 0.05) is 19.0 Å². The molecule has 3 aromatic rings. The van der Waals surface area contributed by atoms with E-state index in [0.717, 1.165) is 23.1 Å². The van der Waals surface area contributed by atoms with Gasteiger partial charge in [-0.15, -0.1) is 0 Å². The van der Waals surface area contributed by atoms with Crippen LogP contribution in [0.1, 0.15) is 42.5 Å². The summed E-state index contributed by atoms with van der Waals surface area (Å²) < 4.78 is 13.4. The predicted octanol–water partition coefficient (Wildman–Crippen LogP) is 5.23. The normalized spacial score (nSPS) is 12.6. The third-order valence-corrected chi connectivity index (χ3v) is 6.01. The molecule has 0 heterocycles. The molecular weight excluding hydrogens is 427 g/mol. The molecule has 0 aliphatic rings. The van der Waals surface area contributed by atoms with E-state index < -0.39 is 6.04 Å². The van der Waals surface area contributed by atoms with E-state index in [1.807, 2.05) is 75.4 Å². The molecule has 0 saturated heterocycles. The molecule has 4 nitrogen and oxygen atoms in total. The Bertz CT molecular complexity index is 1070. The van der Waals surface area contributed by atoms with Crippen molar-refractivity contribution in [1.82, 2.24) is 10.2 Å². The van der Waals surface area contributed by atoms with Crippen molar-refractivity contribution >= 4 is 11.8 Å². The highest BCUT2D eigenvalue weighted by Gasteiger charge is 2.31. The minimum Gasteiger partial charge on any atom is -0.352 e. The lowest BCUT2D eigenvalue weighted by Gasteiger charge is -2.32. The maximum absolute atomic E-state index is 13.6. The van der Waals surface area contributed by atoms with Gasteiger partial charge in [0.15, 0.2) is 0 Å². The van der Waals surface area contributed by atoms with Crippen molar-refractivity contribution in [3.63, 3.8) is 0 Å².